The molecular weight excluding hydrogens is 401 g/mol. The van der Waals surface area contributed by atoms with Crippen LogP contribution in [0, 0.1) is 0 Å². The van der Waals surface area contributed by atoms with Crippen LogP contribution in [0.4, 0.5) is 22.0 Å². The second-order valence-corrected chi connectivity index (χ2v) is 5.58. The van der Waals surface area contributed by atoms with Crippen molar-refractivity contribution in [2.45, 2.75) is 19.5 Å². The summed E-state index contributed by atoms with van der Waals surface area (Å²) in [6.45, 7) is 1.00. The summed E-state index contributed by atoms with van der Waals surface area (Å²) in [5, 5.41) is 9.38. The van der Waals surface area contributed by atoms with Gasteiger partial charge in [0.05, 0.1) is 17.7 Å². The van der Waals surface area contributed by atoms with Crippen LogP contribution in [0.3, 0.4) is 0 Å². The monoisotopic (exact) mass is 415 g/mol. The van der Waals surface area contributed by atoms with Crippen molar-refractivity contribution >= 4 is 24.1 Å². The van der Waals surface area contributed by atoms with Gasteiger partial charge in [-0.25, -0.2) is 23.4 Å². The van der Waals surface area contributed by atoms with Gasteiger partial charge in [0.1, 0.15) is 5.69 Å². The summed E-state index contributed by atoms with van der Waals surface area (Å²) in [5.74, 6) is -3.48. The summed E-state index contributed by atoms with van der Waals surface area (Å²) in [5.41, 5.74) is -6.41. The van der Waals surface area contributed by atoms with Crippen molar-refractivity contribution in [3.8, 4) is 0 Å². The van der Waals surface area contributed by atoms with Crippen LogP contribution in [0.15, 0.2) is 30.3 Å². The lowest BCUT2D eigenvalue weighted by molar-refractivity contribution is -0.142. The first-order chi connectivity index (χ1) is 13.6. The van der Waals surface area contributed by atoms with Crippen LogP contribution in [0.25, 0.3) is 12.2 Å². The SMILES string of the molecule is CCOC(=O)c1c(C(F)(F)F)nc(C(F)F)c(C(=O)O)c1/C=C/c1ccccc1. The molecule has 1 aromatic carbocycles. The Hall–Kier alpha value is -3.30. The van der Waals surface area contributed by atoms with Crippen molar-refractivity contribution in [2.75, 3.05) is 6.61 Å². The summed E-state index contributed by atoms with van der Waals surface area (Å²) < 4.78 is 71.7. The third-order valence-electron chi connectivity index (χ3n) is 3.67. The fourth-order valence-electron chi connectivity index (χ4n) is 2.53. The Morgan fingerprint density at radius 3 is 2.24 bits per heavy atom. The molecule has 0 unspecified atom stereocenters. The molecule has 0 fully saturated rings. The predicted molar refractivity (Wildman–Crippen MR) is 92.5 cm³/mol. The number of hydrogen-bond acceptors (Lipinski definition) is 4. The predicted octanol–water partition coefficient (Wildman–Crippen LogP) is 5.08. The molecule has 0 amide bonds. The van der Waals surface area contributed by atoms with Crippen LogP contribution in [0.2, 0.25) is 0 Å². The standard InChI is InChI=1S/C19H14F5NO4/c1-2-29-18(28)13-11(9-8-10-6-4-3-5-7-10)12(17(26)27)14(16(20)21)25-15(13)19(22,23)24/h3-9,16H,2H2,1H3,(H,26,27)/b9-8+. The minimum Gasteiger partial charge on any atom is -0.478 e. The smallest absolute Gasteiger partial charge is 0.434 e. The number of carbonyl (C=O) groups excluding carboxylic acids is 1. The Labute approximate surface area is 161 Å². The average Bonchev–Trinajstić information content (AvgIpc) is 2.64. The Morgan fingerprint density at radius 2 is 1.76 bits per heavy atom. The van der Waals surface area contributed by atoms with Crippen molar-refractivity contribution in [2.24, 2.45) is 0 Å². The molecule has 10 heteroatoms. The molecular formula is C19H14F5NO4. The molecule has 0 aliphatic heterocycles. The summed E-state index contributed by atoms with van der Waals surface area (Å²) in [6, 6.07) is 7.94. The number of carboxylic acids is 1. The Morgan fingerprint density at radius 1 is 1.14 bits per heavy atom. The number of aromatic carboxylic acids is 1. The molecule has 1 heterocycles. The van der Waals surface area contributed by atoms with Crippen molar-refractivity contribution in [3.05, 3.63) is 64.0 Å². The van der Waals surface area contributed by atoms with Crippen LogP contribution in [0.1, 0.15) is 56.6 Å². The highest BCUT2D eigenvalue weighted by Gasteiger charge is 2.42. The molecule has 0 bridgehead atoms. The number of halogens is 5. The van der Waals surface area contributed by atoms with Crippen LogP contribution >= 0.6 is 0 Å². The maximum atomic E-state index is 13.5. The number of rotatable bonds is 6. The number of alkyl halides is 5. The van der Waals surface area contributed by atoms with E-state index in [0.29, 0.717) is 5.56 Å². The van der Waals surface area contributed by atoms with E-state index in [0.717, 1.165) is 6.08 Å². The highest BCUT2D eigenvalue weighted by atomic mass is 19.4. The zero-order valence-electron chi connectivity index (χ0n) is 14.8. The molecule has 0 aliphatic carbocycles. The van der Waals surface area contributed by atoms with Gasteiger partial charge in [0, 0.05) is 5.56 Å². The second kappa shape index (κ2) is 8.80. The molecule has 1 aromatic heterocycles. The lowest BCUT2D eigenvalue weighted by Crippen LogP contribution is -2.23. The van der Waals surface area contributed by atoms with E-state index in [2.05, 4.69) is 9.72 Å². The van der Waals surface area contributed by atoms with E-state index >= 15 is 0 Å². The molecule has 0 aliphatic rings. The van der Waals surface area contributed by atoms with Gasteiger partial charge in [-0.05, 0) is 12.5 Å². The lowest BCUT2D eigenvalue weighted by atomic mass is 9.96. The summed E-state index contributed by atoms with van der Waals surface area (Å²) >= 11 is 0. The van der Waals surface area contributed by atoms with Gasteiger partial charge in [0.2, 0.25) is 0 Å². The van der Waals surface area contributed by atoms with Crippen LogP contribution in [-0.4, -0.2) is 28.6 Å². The normalized spacial score (nSPS) is 11.8. The van der Waals surface area contributed by atoms with Crippen molar-refractivity contribution < 1.29 is 41.4 Å². The maximum absolute atomic E-state index is 13.5. The van der Waals surface area contributed by atoms with Gasteiger partial charge >= 0.3 is 18.1 Å². The first kappa shape index (κ1) is 22.0. The molecule has 5 nitrogen and oxygen atoms in total. The van der Waals surface area contributed by atoms with Gasteiger partial charge in [-0.3, -0.25) is 0 Å². The minimum absolute atomic E-state index is 0.322. The van der Waals surface area contributed by atoms with Gasteiger partial charge < -0.3 is 9.84 Å². The number of pyridine rings is 1. The zero-order chi connectivity index (χ0) is 21.8. The van der Waals surface area contributed by atoms with Gasteiger partial charge in [0.25, 0.3) is 6.43 Å². The fraction of sp³-hybridized carbons (Fsp3) is 0.211. The Kier molecular flexibility index (Phi) is 6.68. The van der Waals surface area contributed by atoms with Crippen molar-refractivity contribution in [1.29, 1.82) is 0 Å². The molecule has 0 spiro atoms. The highest BCUT2D eigenvalue weighted by molar-refractivity contribution is 6.03. The molecule has 0 atom stereocenters. The quantitative estimate of drug-likeness (QED) is 0.526. The molecule has 2 rings (SSSR count). The van der Waals surface area contributed by atoms with Crippen LogP contribution < -0.4 is 0 Å². The lowest BCUT2D eigenvalue weighted by Gasteiger charge is -2.18. The fourth-order valence-corrected chi connectivity index (χ4v) is 2.53. The van der Waals surface area contributed by atoms with Crippen molar-refractivity contribution in [1.82, 2.24) is 4.98 Å². The van der Waals surface area contributed by atoms with E-state index in [1.165, 1.54) is 13.0 Å². The van der Waals surface area contributed by atoms with E-state index in [1.807, 2.05) is 0 Å². The summed E-state index contributed by atoms with van der Waals surface area (Å²) in [7, 11) is 0. The molecule has 2 aromatic rings. The number of hydrogen-bond donors (Lipinski definition) is 1. The van der Waals surface area contributed by atoms with Crippen molar-refractivity contribution in [3.63, 3.8) is 0 Å². The zero-order valence-corrected chi connectivity index (χ0v) is 14.8. The molecule has 0 radical (unpaired) electrons. The van der Waals surface area contributed by atoms with Gasteiger partial charge in [-0.15, -0.1) is 0 Å². The number of carbonyl (C=O) groups is 2. The van der Waals surface area contributed by atoms with Crippen LogP contribution in [0.5, 0.6) is 0 Å². The topological polar surface area (TPSA) is 76.5 Å². The Bertz CT molecular complexity index is 940. The summed E-state index contributed by atoms with van der Waals surface area (Å²) in [4.78, 5) is 26.6. The third kappa shape index (κ3) is 4.95. The number of esters is 1. The van der Waals surface area contributed by atoms with E-state index in [4.69, 9.17) is 0 Å². The average molecular weight is 415 g/mol. The largest absolute Gasteiger partial charge is 0.478 e. The molecule has 0 saturated carbocycles. The minimum atomic E-state index is -5.31. The number of aromatic nitrogens is 1. The molecule has 0 saturated heterocycles. The maximum Gasteiger partial charge on any atom is 0.434 e. The molecule has 154 valence electrons. The number of nitrogens with zero attached hydrogens (tertiary/aromatic N) is 1. The first-order valence-electron chi connectivity index (χ1n) is 8.14. The van der Waals surface area contributed by atoms with E-state index in [-0.39, 0.29) is 6.61 Å². The Balaban J connectivity index is 2.93. The second-order valence-electron chi connectivity index (χ2n) is 5.58. The van der Waals surface area contributed by atoms with E-state index < -0.39 is 52.6 Å². The number of benzene rings is 1. The number of carboxylic acid groups (broad SMARTS) is 1. The van der Waals surface area contributed by atoms with Gasteiger partial charge in [-0.1, -0.05) is 42.5 Å². The van der Waals surface area contributed by atoms with Gasteiger partial charge in [-0.2, -0.15) is 13.2 Å². The van der Waals surface area contributed by atoms with E-state index in [9.17, 15) is 36.6 Å². The summed E-state index contributed by atoms with van der Waals surface area (Å²) in [6.07, 6.45) is -6.88. The number of ether oxygens (including phenoxy) is 1. The highest BCUT2D eigenvalue weighted by Crippen LogP contribution is 2.37. The first-order valence-corrected chi connectivity index (χ1v) is 8.14. The van der Waals surface area contributed by atoms with Crippen LogP contribution in [-0.2, 0) is 10.9 Å². The molecule has 1 N–H and O–H groups in total. The molecule has 29 heavy (non-hydrogen) atoms. The van der Waals surface area contributed by atoms with Gasteiger partial charge in [0.15, 0.2) is 5.69 Å². The van der Waals surface area contributed by atoms with E-state index in [1.54, 1.807) is 30.3 Å². The third-order valence-corrected chi connectivity index (χ3v) is 3.67.